The molecule has 2 aromatic carbocycles. The van der Waals surface area contributed by atoms with Crippen LogP contribution in [0.1, 0.15) is 36.2 Å². The van der Waals surface area contributed by atoms with E-state index in [9.17, 15) is 9.59 Å². The van der Waals surface area contributed by atoms with Crippen molar-refractivity contribution in [1.29, 1.82) is 0 Å². The Morgan fingerprint density at radius 2 is 1.63 bits per heavy atom. The molecule has 0 aliphatic carbocycles. The second-order valence-corrected chi connectivity index (χ2v) is 5.96. The lowest BCUT2D eigenvalue weighted by atomic mass is 10.0. The summed E-state index contributed by atoms with van der Waals surface area (Å²) in [6.07, 6.45) is 5.18. The quantitative estimate of drug-likeness (QED) is 0.517. The molecule has 0 spiro atoms. The highest BCUT2D eigenvalue weighted by Crippen LogP contribution is 2.21. The van der Waals surface area contributed by atoms with E-state index in [-0.39, 0.29) is 5.91 Å². The average molecular weight is 364 g/mol. The minimum absolute atomic E-state index is 0.265. The summed E-state index contributed by atoms with van der Waals surface area (Å²) in [5.41, 5.74) is 11.5. The van der Waals surface area contributed by atoms with Crippen LogP contribution in [0.2, 0.25) is 0 Å². The first-order valence-electron chi connectivity index (χ1n) is 8.79. The second kappa shape index (κ2) is 9.91. The van der Waals surface area contributed by atoms with Crippen molar-refractivity contribution in [3.8, 4) is 11.1 Å². The molecule has 0 heterocycles. The van der Waals surface area contributed by atoms with E-state index in [0.29, 0.717) is 11.3 Å². The van der Waals surface area contributed by atoms with Crippen molar-refractivity contribution in [2.24, 2.45) is 10.8 Å². The van der Waals surface area contributed by atoms with E-state index >= 15 is 0 Å². The molecule has 6 heteroatoms. The van der Waals surface area contributed by atoms with Gasteiger partial charge in [-0.15, -0.1) is 0 Å². The molecule has 0 atom stereocenters. The SMILES string of the molecule is C/C=C(\C=N\NC(N)=O)NC(=O)c1ccc(-c2ccc(CCC)cc2)cc1. The summed E-state index contributed by atoms with van der Waals surface area (Å²) in [4.78, 5) is 23.0. The van der Waals surface area contributed by atoms with Gasteiger partial charge in [0.25, 0.3) is 5.91 Å². The fourth-order valence-electron chi connectivity index (χ4n) is 2.51. The molecule has 0 aromatic heterocycles. The van der Waals surface area contributed by atoms with Gasteiger partial charge in [0.1, 0.15) is 0 Å². The van der Waals surface area contributed by atoms with Gasteiger partial charge in [-0.1, -0.05) is 55.8 Å². The average Bonchev–Trinajstić information content (AvgIpc) is 2.68. The molecular formula is C21H24N4O2. The van der Waals surface area contributed by atoms with Gasteiger partial charge in [-0.05, 0) is 42.2 Å². The maximum absolute atomic E-state index is 12.3. The molecular weight excluding hydrogens is 340 g/mol. The molecule has 2 aromatic rings. The number of hydrogen-bond donors (Lipinski definition) is 3. The number of nitrogens with two attached hydrogens (primary N) is 1. The zero-order valence-corrected chi connectivity index (χ0v) is 15.5. The van der Waals surface area contributed by atoms with Gasteiger partial charge in [0.05, 0.1) is 11.9 Å². The molecule has 6 nitrogen and oxygen atoms in total. The predicted molar refractivity (Wildman–Crippen MR) is 108 cm³/mol. The summed E-state index contributed by atoms with van der Waals surface area (Å²) in [7, 11) is 0. The highest BCUT2D eigenvalue weighted by Gasteiger charge is 2.07. The zero-order chi connectivity index (χ0) is 19.6. The van der Waals surface area contributed by atoms with Crippen molar-refractivity contribution in [3.05, 3.63) is 71.4 Å². The molecule has 140 valence electrons. The molecule has 0 bridgehead atoms. The van der Waals surface area contributed by atoms with Crippen LogP contribution >= 0.6 is 0 Å². The Balaban J connectivity index is 2.04. The van der Waals surface area contributed by atoms with Gasteiger partial charge in [0.15, 0.2) is 0 Å². The van der Waals surface area contributed by atoms with Crippen LogP contribution in [-0.4, -0.2) is 18.2 Å². The van der Waals surface area contributed by atoms with Crippen molar-refractivity contribution >= 4 is 18.2 Å². The fourth-order valence-corrected chi connectivity index (χ4v) is 2.51. The molecule has 4 N–H and O–H groups in total. The van der Waals surface area contributed by atoms with Gasteiger partial charge < -0.3 is 11.1 Å². The monoisotopic (exact) mass is 364 g/mol. The summed E-state index contributed by atoms with van der Waals surface area (Å²) < 4.78 is 0. The van der Waals surface area contributed by atoms with Crippen molar-refractivity contribution in [3.63, 3.8) is 0 Å². The molecule has 0 saturated carbocycles. The van der Waals surface area contributed by atoms with Gasteiger partial charge in [-0.2, -0.15) is 5.10 Å². The Hall–Kier alpha value is -3.41. The number of hydrazone groups is 1. The molecule has 0 saturated heterocycles. The highest BCUT2D eigenvalue weighted by atomic mass is 16.2. The van der Waals surface area contributed by atoms with Gasteiger partial charge in [-0.25, -0.2) is 10.2 Å². The Bertz CT molecular complexity index is 837. The first-order valence-corrected chi connectivity index (χ1v) is 8.79. The third-order valence-electron chi connectivity index (χ3n) is 3.92. The number of carbonyl (C=O) groups excluding carboxylic acids is 2. The summed E-state index contributed by atoms with van der Waals surface area (Å²) in [6.45, 7) is 3.91. The van der Waals surface area contributed by atoms with Crippen LogP contribution in [0, 0.1) is 0 Å². The third kappa shape index (κ3) is 6.11. The van der Waals surface area contributed by atoms with Crippen molar-refractivity contribution in [2.45, 2.75) is 26.7 Å². The Kier molecular flexibility index (Phi) is 7.31. The normalized spacial score (nSPS) is 11.4. The van der Waals surface area contributed by atoms with Crippen LogP contribution in [0.25, 0.3) is 11.1 Å². The maximum atomic E-state index is 12.3. The van der Waals surface area contributed by atoms with E-state index in [0.717, 1.165) is 24.0 Å². The lowest BCUT2D eigenvalue weighted by Gasteiger charge is -2.07. The van der Waals surface area contributed by atoms with Crippen molar-refractivity contribution in [2.75, 3.05) is 0 Å². The number of allylic oxidation sites excluding steroid dienone is 2. The first-order chi connectivity index (χ1) is 13.0. The number of urea groups is 1. The summed E-state index contributed by atoms with van der Waals surface area (Å²) in [6, 6.07) is 15.1. The van der Waals surface area contributed by atoms with Gasteiger partial charge in [-0.3, -0.25) is 4.79 Å². The number of primary amides is 1. The van der Waals surface area contributed by atoms with E-state index in [4.69, 9.17) is 5.73 Å². The summed E-state index contributed by atoms with van der Waals surface area (Å²) >= 11 is 0. The minimum Gasteiger partial charge on any atom is -0.350 e. The number of amides is 3. The van der Waals surface area contributed by atoms with Crippen LogP contribution in [0.15, 0.2) is 65.4 Å². The van der Waals surface area contributed by atoms with E-state index in [1.165, 1.54) is 11.8 Å². The Morgan fingerprint density at radius 1 is 1.04 bits per heavy atom. The standard InChI is InChI=1S/C21H24N4O2/c1-3-5-15-6-8-16(9-7-15)17-10-12-18(13-11-17)20(26)24-19(4-2)14-23-25-21(22)27/h4,6-14H,3,5H2,1-2H3,(H,24,26)(H3,22,25,27)/b19-4+,23-14+. The number of aryl methyl sites for hydroxylation is 1. The van der Waals surface area contributed by atoms with Crippen LogP contribution < -0.4 is 16.5 Å². The molecule has 2 rings (SSSR count). The first kappa shape index (κ1) is 19.9. The number of carbonyl (C=O) groups is 2. The molecule has 3 amide bonds. The number of rotatable bonds is 7. The van der Waals surface area contributed by atoms with Crippen LogP contribution in [0.3, 0.4) is 0 Å². The maximum Gasteiger partial charge on any atom is 0.332 e. The van der Waals surface area contributed by atoms with Crippen molar-refractivity contribution < 1.29 is 9.59 Å². The largest absolute Gasteiger partial charge is 0.350 e. The Labute approximate surface area is 159 Å². The molecule has 0 fully saturated rings. The van der Waals surface area contributed by atoms with E-state index < -0.39 is 6.03 Å². The van der Waals surface area contributed by atoms with Crippen LogP contribution in [0.5, 0.6) is 0 Å². The van der Waals surface area contributed by atoms with E-state index in [1.807, 2.05) is 12.1 Å². The van der Waals surface area contributed by atoms with Crippen molar-refractivity contribution in [1.82, 2.24) is 10.7 Å². The smallest absolute Gasteiger partial charge is 0.332 e. The summed E-state index contributed by atoms with van der Waals surface area (Å²) in [5, 5.41) is 6.35. The minimum atomic E-state index is -0.772. The van der Waals surface area contributed by atoms with Gasteiger partial charge >= 0.3 is 6.03 Å². The summed E-state index contributed by atoms with van der Waals surface area (Å²) in [5.74, 6) is -0.265. The van der Waals surface area contributed by atoms with Gasteiger partial charge in [0.2, 0.25) is 0 Å². The molecule has 0 radical (unpaired) electrons. The zero-order valence-electron chi connectivity index (χ0n) is 15.5. The predicted octanol–water partition coefficient (Wildman–Crippen LogP) is 3.59. The van der Waals surface area contributed by atoms with E-state index in [1.54, 1.807) is 25.1 Å². The lowest BCUT2D eigenvalue weighted by Crippen LogP contribution is -2.27. The van der Waals surface area contributed by atoms with Crippen LogP contribution in [0.4, 0.5) is 4.79 Å². The number of nitrogens with one attached hydrogen (secondary N) is 2. The third-order valence-corrected chi connectivity index (χ3v) is 3.92. The molecule has 0 aliphatic heterocycles. The Morgan fingerprint density at radius 3 is 2.15 bits per heavy atom. The molecule has 0 aliphatic rings. The molecule has 0 unspecified atom stereocenters. The molecule has 27 heavy (non-hydrogen) atoms. The topological polar surface area (TPSA) is 96.6 Å². The highest BCUT2D eigenvalue weighted by molar-refractivity contribution is 5.99. The number of nitrogens with zero attached hydrogens (tertiary/aromatic N) is 1. The lowest BCUT2D eigenvalue weighted by molar-refractivity contribution is 0.0968. The fraction of sp³-hybridized carbons (Fsp3) is 0.190. The number of benzene rings is 2. The van der Waals surface area contributed by atoms with Gasteiger partial charge in [0, 0.05) is 5.56 Å². The van der Waals surface area contributed by atoms with E-state index in [2.05, 4.69) is 47.0 Å². The second-order valence-electron chi connectivity index (χ2n) is 5.96. The van der Waals surface area contributed by atoms with Crippen LogP contribution in [-0.2, 0) is 6.42 Å². The number of hydrogen-bond acceptors (Lipinski definition) is 3.